The molecule has 3 rings (SSSR count). The number of hydrogen-bond acceptors (Lipinski definition) is 6. The molecule has 0 spiro atoms. The summed E-state index contributed by atoms with van der Waals surface area (Å²) < 4.78 is 16.3. The summed E-state index contributed by atoms with van der Waals surface area (Å²) in [4.78, 5) is 36.2. The van der Waals surface area contributed by atoms with Crippen molar-refractivity contribution in [1.29, 1.82) is 0 Å². The summed E-state index contributed by atoms with van der Waals surface area (Å²) in [7, 11) is 0. The molecule has 4 atom stereocenters. The van der Waals surface area contributed by atoms with E-state index in [9.17, 15) is 14.4 Å². The summed E-state index contributed by atoms with van der Waals surface area (Å²) in [5.41, 5.74) is 1.82. The van der Waals surface area contributed by atoms with Crippen LogP contribution in [0.3, 0.4) is 0 Å². The standard InChI is InChI=1S/C19H20O6/c1-9(2)17(20)24-15-8-12-7-13(23-19(12)22)5-10(3)6-14-16(15)11(4)18(21)25-14/h6-7,13-16H,1,4-5,8H2,2-3H3/b10-6+/t13-,14+,15+,16+/m1/s1. The third-order valence-corrected chi connectivity index (χ3v) is 4.57. The predicted octanol–water partition coefficient (Wildman–Crippen LogP) is 2.16. The van der Waals surface area contributed by atoms with Crippen molar-refractivity contribution in [2.45, 2.75) is 45.0 Å². The number of fused-ring (bicyclic) bond motifs is 2. The van der Waals surface area contributed by atoms with Crippen LogP contribution in [0.5, 0.6) is 0 Å². The largest absolute Gasteiger partial charge is 0.458 e. The van der Waals surface area contributed by atoms with Gasteiger partial charge in [-0.3, -0.25) is 0 Å². The van der Waals surface area contributed by atoms with Crippen molar-refractivity contribution < 1.29 is 28.6 Å². The Morgan fingerprint density at radius 2 is 1.92 bits per heavy atom. The van der Waals surface area contributed by atoms with E-state index in [1.807, 2.05) is 13.0 Å². The molecule has 3 aliphatic rings. The van der Waals surface area contributed by atoms with Gasteiger partial charge < -0.3 is 14.2 Å². The highest BCUT2D eigenvalue weighted by atomic mass is 16.6. The maximum Gasteiger partial charge on any atom is 0.334 e. The third kappa shape index (κ3) is 3.29. The molecule has 0 N–H and O–H groups in total. The Morgan fingerprint density at radius 3 is 2.60 bits per heavy atom. The number of carbonyl (C=O) groups excluding carboxylic acids is 3. The second-order valence-electron chi connectivity index (χ2n) is 6.70. The lowest BCUT2D eigenvalue weighted by Gasteiger charge is -2.26. The molecular formula is C19H20O6. The fourth-order valence-electron chi connectivity index (χ4n) is 3.33. The van der Waals surface area contributed by atoms with Gasteiger partial charge in [-0.25, -0.2) is 14.4 Å². The molecule has 0 aromatic rings. The van der Waals surface area contributed by atoms with Crippen LogP contribution in [-0.2, 0) is 28.6 Å². The SMILES string of the molecule is C=C(C)C(=O)O[C@H]1CC2=C[C@@H](C/C(C)=C/[C@@H]3OC(=O)C(=C)[C@@H]31)OC2=O. The van der Waals surface area contributed by atoms with E-state index in [0.29, 0.717) is 12.0 Å². The Kier molecular flexibility index (Phi) is 4.37. The molecule has 132 valence electrons. The fraction of sp³-hybridized carbons (Fsp3) is 0.421. The van der Waals surface area contributed by atoms with Gasteiger partial charge in [-0.05, 0) is 26.0 Å². The summed E-state index contributed by atoms with van der Waals surface area (Å²) in [6, 6.07) is 0. The average Bonchev–Trinajstić information content (AvgIpc) is 2.98. The van der Waals surface area contributed by atoms with E-state index in [1.165, 1.54) is 6.92 Å². The van der Waals surface area contributed by atoms with Crippen LogP contribution in [0.2, 0.25) is 0 Å². The lowest BCUT2D eigenvalue weighted by atomic mass is 9.85. The number of hydrogen-bond donors (Lipinski definition) is 0. The number of rotatable bonds is 2. The van der Waals surface area contributed by atoms with Gasteiger partial charge in [0.2, 0.25) is 0 Å². The van der Waals surface area contributed by atoms with Crippen molar-refractivity contribution in [2.24, 2.45) is 5.92 Å². The molecule has 1 aliphatic carbocycles. The predicted molar refractivity (Wildman–Crippen MR) is 88.2 cm³/mol. The van der Waals surface area contributed by atoms with Crippen LogP contribution in [0.1, 0.15) is 26.7 Å². The van der Waals surface area contributed by atoms with Gasteiger partial charge in [0.25, 0.3) is 0 Å². The highest BCUT2D eigenvalue weighted by Crippen LogP contribution is 2.38. The molecule has 6 heteroatoms. The van der Waals surface area contributed by atoms with Crippen LogP contribution < -0.4 is 0 Å². The Hall–Kier alpha value is -2.63. The van der Waals surface area contributed by atoms with Crippen molar-refractivity contribution in [3.05, 3.63) is 47.6 Å². The van der Waals surface area contributed by atoms with Crippen LogP contribution in [0.4, 0.5) is 0 Å². The zero-order chi connectivity index (χ0) is 18.3. The lowest BCUT2D eigenvalue weighted by molar-refractivity contribution is -0.148. The summed E-state index contributed by atoms with van der Waals surface area (Å²) in [6.07, 6.45) is 2.52. The first-order valence-corrected chi connectivity index (χ1v) is 8.11. The van der Waals surface area contributed by atoms with Gasteiger partial charge in [-0.15, -0.1) is 0 Å². The van der Waals surface area contributed by atoms with Crippen LogP contribution in [0.15, 0.2) is 47.6 Å². The number of carbonyl (C=O) groups is 3. The van der Waals surface area contributed by atoms with Gasteiger partial charge >= 0.3 is 17.9 Å². The third-order valence-electron chi connectivity index (χ3n) is 4.57. The Bertz CT molecular complexity index is 741. The second-order valence-corrected chi connectivity index (χ2v) is 6.70. The summed E-state index contributed by atoms with van der Waals surface area (Å²) in [5.74, 6) is -2.09. The molecule has 6 nitrogen and oxygen atoms in total. The van der Waals surface area contributed by atoms with Crippen molar-refractivity contribution in [1.82, 2.24) is 0 Å². The highest BCUT2D eigenvalue weighted by molar-refractivity contribution is 5.93. The fourth-order valence-corrected chi connectivity index (χ4v) is 3.33. The Balaban J connectivity index is 2.01. The first-order valence-electron chi connectivity index (χ1n) is 8.11. The van der Waals surface area contributed by atoms with Crippen molar-refractivity contribution in [2.75, 3.05) is 0 Å². The molecule has 0 saturated carbocycles. The van der Waals surface area contributed by atoms with Crippen LogP contribution >= 0.6 is 0 Å². The molecule has 0 radical (unpaired) electrons. The topological polar surface area (TPSA) is 78.9 Å². The highest BCUT2D eigenvalue weighted by Gasteiger charge is 2.46. The molecule has 1 fully saturated rings. The lowest BCUT2D eigenvalue weighted by Crippen LogP contribution is -2.34. The van der Waals surface area contributed by atoms with Crippen LogP contribution in [0, 0.1) is 5.92 Å². The smallest absolute Gasteiger partial charge is 0.334 e. The maximum atomic E-state index is 12.1. The van der Waals surface area contributed by atoms with Gasteiger partial charge in [-0.1, -0.05) is 18.7 Å². The minimum absolute atomic E-state index is 0.137. The van der Waals surface area contributed by atoms with Crippen LogP contribution in [0.25, 0.3) is 0 Å². The molecule has 0 amide bonds. The van der Waals surface area contributed by atoms with Gasteiger partial charge in [0.15, 0.2) is 0 Å². The molecule has 2 heterocycles. The quantitative estimate of drug-likeness (QED) is 0.331. The van der Waals surface area contributed by atoms with E-state index in [-0.39, 0.29) is 23.7 Å². The molecule has 2 aliphatic heterocycles. The minimum Gasteiger partial charge on any atom is -0.458 e. The molecule has 0 aromatic heterocycles. The monoisotopic (exact) mass is 344 g/mol. The summed E-state index contributed by atoms with van der Waals surface area (Å²) in [5, 5.41) is 0. The van der Waals surface area contributed by atoms with Gasteiger partial charge in [0.1, 0.15) is 18.3 Å². The number of esters is 3. The van der Waals surface area contributed by atoms with E-state index < -0.39 is 36.0 Å². The maximum absolute atomic E-state index is 12.1. The molecular weight excluding hydrogens is 324 g/mol. The van der Waals surface area contributed by atoms with Crippen molar-refractivity contribution in [3.63, 3.8) is 0 Å². The summed E-state index contributed by atoms with van der Waals surface area (Å²) >= 11 is 0. The molecule has 1 saturated heterocycles. The zero-order valence-electron chi connectivity index (χ0n) is 14.2. The van der Waals surface area contributed by atoms with Crippen molar-refractivity contribution >= 4 is 17.9 Å². The minimum atomic E-state index is -0.771. The van der Waals surface area contributed by atoms with Gasteiger partial charge in [0, 0.05) is 29.6 Å². The van der Waals surface area contributed by atoms with E-state index in [1.54, 1.807) is 6.08 Å². The van der Waals surface area contributed by atoms with E-state index in [4.69, 9.17) is 14.2 Å². The first-order chi connectivity index (χ1) is 11.8. The Labute approximate surface area is 145 Å². The van der Waals surface area contributed by atoms with E-state index in [0.717, 1.165) is 5.57 Å². The Morgan fingerprint density at radius 1 is 1.20 bits per heavy atom. The molecule has 0 unspecified atom stereocenters. The molecule has 0 aromatic carbocycles. The first kappa shape index (κ1) is 17.2. The van der Waals surface area contributed by atoms with E-state index >= 15 is 0 Å². The normalized spacial score (nSPS) is 33.4. The molecule has 2 bridgehead atoms. The van der Waals surface area contributed by atoms with Gasteiger partial charge in [-0.2, -0.15) is 0 Å². The van der Waals surface area contributed by atoms with Crippen LogP contribution in [-0.4, -0.2) is 36.2 Å². The average molecular weight is 344 g/mol. The number of ether oxygens (including phenoxy) is 3. The van der Waals surface area contributed by atoms with Crippen molar-refractivity contribution in [3.8, 4) is 0 Å². The molecule has 25 heavy (non-hydrogen) atoms. The summed E-state index contributed by atoms with van der Waals surface area (Å²) in [6.45, 7) is 10.8. The van der Waals surface area contributed by atoms with Gasteiger partial charge in [0.05, 0.1) is 5.92 Å². The van der Waals surface area contributed by atoms with E-state index in [2.05, 4.69) is 13.2 Å². The zero-order valence-corrected chi connectivity index (χ0v) is 14.2. The second kappa shape index (κ2) is 6.35.